The number of carbonyl (C=O) groups is 4. The van der Waals surface area contributed by atoms with Crippen LogP contribution in [-0.2, 0) is 9.59 Å². The summed E-state index contributed by atoms with van der Waals surface area (Å²) in [7, 11) is 0. The van der Waals surface area contributed by atoms with Crippen LogP contribution in [0.3, 0.4) is 0 Å². The summed E-state index contributed by atoms with van der Waals surface area (Å²) < 4.78 is 0. The van der Waals surface area contributed by atoms with Crippen molar-refractivity contribution >= 4 is 57.8 Å². The van der Waals surface area contributed by atoms with Crippen LogP contribution >= 0.6 is 11.6 Å². The van der Waals surface area contributed by atoms with Crippen molar-refractivity contribution in [3.63, 3.8) is 0 Å². The van der Waals surface area contributed by atoms with Crippen molar-refractivity contribution in [2.45, 2.75) is 63.1 Å². The minimum Gasteiger partial charge on any atom is -0.508 e. The van der Waals surface area contributed by atoms with Crippen LogP contribution in [0.15, 0.2) is 91.0 Å². The molecule has 0 saturated carbocycles. The lowest BCUT2D eigenvalue weighted by molar-refractivity contribution is -0.136. The predicted molar refractivity (Wildman–Crippen MR) is 228 cm³/mol. The molecule has 12 heteroatoms. The van der Waals surface area contributed by atoms with Crippen LogP contribution in [0.1, 0.15) is 82.4 Å². The minimum absolute atomic E-state index is 0.0967. The maximum atomic E-state index is 13.5. The summed E-state index contributed by atoms with van der Waals surface area (Å²) in [5.41, 5.74) is 7.95. The Labute approximate surface area is 348 Å². The van der Waals surface area contributed by atoms with E-state index in [0.29, 0.717) is 41.4 Å². The number of anilines is 2. The van der Waals surface area contributed by atoms with E-state index in [9.17, 15) is 29.4 Å². The number of hydrogen-bond donors (Lipinski definition) is 3. The summed E-state index contributed by atoms with van der Waals surface area (Å²) in [6.07, 6.45) is 5.26. The number of nitrogens with one attached hydrogen (secondary N) is 1. The fourth-order valence-corrected chi connectivity index (χ4v) is 10.3. The third-order valence-electron chi connectivity index (χ3n) is 12.9. The number of phenols is 2. The van der Waals surface area contributed by atoms with Crippen molar-refractivity contribution in [1.82, 2.24) is 15.1 Å². The average molecular weight is 814 g/mol. The smallest absolute Gasteiger partial charge is 0.262 e. The van der Waals surface area contributed by atoms with Gasteiger partial charge in [0.15, 0.2) is 0 Å². The number of rotatable bonds is 10. The van der Waals surface area contributed by atoms with Crippen LogP contribution < -0.4 is 15.1 Å². The van der Waals surface area contributed by atoms with Crippen molar-refractivity contribution in [1.29, 1.82) is 0 Å². The third kappa shape index (κ3) is 7.58. The van der Waals surface area contributed by atoms with Gasteiger partial charge < -0.3 is 20.0 Å². The molecule has 3 atom stereocenters. The highest BCUT2D eigenvalue weighted by Crippen LogP contribution is 2.40. The highest BCUT2D eigenvalue weighted by molar-refractivity contribution is 6.24. The van der Waals surface area contributed by atoms with Gasteiger partial charge >= 0.3 is 0 Å². The molecule has 2 bridgehead atoms. The second kappa shape index (κ2) is 16.2. The quantitative estimate of drug-likeness (QED) is 0.0914. The number of imide groups is 2. The Bertz CT molecular complexity index is 2290. The second-order valence-corrected chi connectivity index (χ2v) is 16.9. The first kappa shape index (κ1) is 38.8. The Hall–Kier alpha value is -5.65. The Morgan fingerprint density at radius 2 is 1.25 bits per heavy atom. The molecular formula is C47H48ClN5O6. The molecule has 0 aromatic heterocycles. The lowest BCUT2D eigenvalue weighted by Gasteiger charge is -2.44. The first-order chi connectivity index (χ1) is 28.6. The normalized spacial score (nSPS) is 22.8. The molecule has 9 rings (SSSR count). The molecule has 59 heavy (non-hydrogen) atoms. The number of likely N-dealkylation sites (tertiary alicyclic amines) is 1. The first-order valence-electron chi connectivity index (χ1n) is 20.7. The standard InChI is InChI=1S/C47H48ClN5O6/c48-22-19-39(30-3-12-37(54)13-4-30)44(32-5-14-38(55)15-6-32)31-1-7-33(8-2-31)51-23-20-29(21-24-51)26-50-27-35-9-10-36(28-50)52(35)34-11-16-40-41(25-34)47(59)53(46(40)58)42-17-18-43(56)49-45(42)57/h1-8,11-16,25,29,35-36,42,54-55H,9-10,17-24,26-28H2,(H,49,56,57). The fourth-order valence-electron chi connectivity index (χ4n) is 10.1. The zero-order valence-corrected chi connectivity index (χ0v) is 33.6. The molecule has 4 saturated heterocycles. The Balaban J connectivity index is 0.835. The topological polar surface area (TPSA) is 134 Å². The molecule has 0 aliphatic carbocycles. The van der Waals surface area contributed by atoms with Gasteiger partial charge in [0.25, 0.3) is 11.8 Å². The first-order valence-corrected chi connectivity index (χ1v) is 21.3. The van der Waals surface area contributed by atoms with Gasteiger partial charge in [-0.25, -0.2) is 0 Å². The molecule has 4 fully saturated rings. The van der Waals surface area contributed by atoms with E-state index in [2.05, 4.69) is 44.3 Å². The van der Waals surface area contributed by atoms with Crippen molar-refractivity contribution in [2.75, 3.05) is 48.4 Å². The van der Waals surface area contributed by atoms with Gasteiger partial charge in [0.2, 0.25) is 11.8 Å². The summed E-state index contributed by atoms with van der Waals surface area (Å²) >= 11 is 6.35. The number of nitrogens with zero attached hydrogens (tertiary/aromatic N) is 4. The molecule has 0 spiro atoms. The van der Waals surface area contributed by atoms with Gasteiger partial charge in [0, 0.05) is 68.5 Å². The van der Waals surface area contributed by atoms with Crippen LogP contribution in [0.4, 0.5) is 11.4 Å². The van der Waals surface area contributed by atoms with Crippen LogP contribution in [0.2, 0.25) is 0 Å². The maximum Gasteiger partial charge on any atom is 0.262 e. The molecule has 4 amide bonds. The highest BCUT2D eigenvalue weighted by Gasteiger charge is 2.46. The zero-order chi connectivity index (χ0) is 40.8. The summed E-state index contributed by atoms with van der Waals surface area (Å²) in [5, 5.41) is 22.3. The molecule has 3 unspecified atom stereocenters. The average Bonchev–Trinajstić information content (AvgIpc) is 3.65. The maximum absolute atomic E-state index is 13.5. The van der Waals surface area contributed by atoms with E-state index in [0.717, 1.165) is 96.8 Å². The van der Waals surface area contributed by atoms with Crippen molar-refractivity contribution in [2.24, 2.45) is 5.92 Å². The molecule has 0 radical (unpaired) electrons. The number of carbonyl (C=O) groups excluding carboxylic acids is 4. The molecule has 5 aliphatic heterocycles. The zero-order valence-electron chi connectivity index (χ0n) is 32.9. The summed E-state index contributed by atoms with van der Waals surface area (Å²) in [5.74, 6) is -0.459. The van der Waals surface area contributed by atoms with Gasteiger partial charge in [-0.15, -0.1) is 11.6 Å². The lowest BCUT2D eigenvalue weighted by Crippen LogP contribution is -2.55. The van der Waals surface area contributed by atoms with Crippen molar-refractivity contribution in [3.05, 3.63) is 119 Å². The number of amides is 4. The number of piperidine rings is 2. The number of phenolic OH excluding ortho intramolecular Hbond substituents is 2. The molecule has 4 aromatic carbocycles. The number of aromatic hydroxyl groups is 2. The minimum atomic E-state index is -0.970. The van der Waals surface area contributed by atoms with Crippen LogP contribution in [0.5, 0.6) is 11.5 Å². The largest absolute Gasteiger partial charge is 0.508 e. The van der Waals surface area contributed by atoms with Gasteiger partial charge in [-0.3, -0.25) is 34.3 Å². The van der Waals surface area contributed by atoms with Gasteiger partial charge in [-0.2, -0.15) is 0 Å². The Morgan fingerprint density at radius 3 is 1.86 bits per heavy atom. The van der Waals surface area contributed by atoms with Crippen LogP contribution in [-0.4, -0.2) is 100 Å². The van der Waals surface area contributed by atoms with Gasteiger partial charge in [0.05, 0.1) is 11.1 Å². The van der Waals surface area contributed by atoms with Gasteiger partial charge in [0.1, 0.15) is 17.5 Å². The van der Waals surface area contributed by atoms with Crippen LogP contribution in [0, 0.1) is 5.92 Å². The van der Waals surface area contributed by atoms with Gasteiger partial charge in [-0.05, 0) is 127 Å². The van der Waals surface area contributed by atoms with Crippen molar-refractivity contribution < 1.29 is 29.4 Å². The van der Waals surface area contributed by atoms with E-state index in [4.69, 9.17) is 11.6 Å². The second-order valence-electron chi connectivity index (χ2n) is 16.6. The van der Waals surface area contributed by atoms with E-state index >= 15 is 0 Å². The molecule has 304 valence electrons. The predicted octanol–water partition coefficient (Wildman–Crippen LogP) is 6.66. The molecule has 3 N–H and O–H groups in total. The van der Waals surface area contributed by atoms with E-state index in [-0.39, 0.29) is 30.2 Å². The number of hydrogen-bond acceptors (Lipinski definition) is 9. The van der Waals surface area contributed by atoms with Gasteiger partial charge in [-0.1, -0.05) is 36.4 Å². The lowest BCUT2D eigenvalue weighted by atomic mass is 9.88. The molecule has 11 nitrogen and oxygen atoms in total. The Morgan fingerprint density at radius 1 is 0.678 bits per heavy atom. The summed E-state index contributed by atoms with van der Waals surface area (Å²) in [6.45, 7) is 4.95. The highest BCUT2D eigenvalue weighted by atomic mass is 35.5. The number of allylic oxidation sites excluding steroid dienone is 1. The van der Waals surface area contributed by atoms with Crippen molar-refractivity contribution in [3.8, 4) is 11.5 Å². The molecular weight excluding hydrogens is 766 g/mol. The summed E-state index contributed by atoms with van der Waals surface area (Å²) in [4.78, 5) is 59.7. The number of fused-ring (bicyclic) bond motifs is 3. The van der Waals surface area contributed by atoms with E-state index in [1.165, 1.54) is 5.69 Å². The number of halogens is 1. The fraction of sp³-hybridized carbons (Fsp3) is 0.362. The Kier molecular flexibility index (Phi) is 10.7. The molecule has 4 aromatic rings. The monoisotopic (exact) mass is 813 g/mol. The van der Waals surface area contributed by atoms with E-state index in [1.54, 1.807) is 30.3 Å². The number of alkyl halides is 1. The van der Waals surface area contributed by atoms with E-state index in [1.807, 2.05) is 36.4 Å². The van der Waals surface area contributed by atoms with E-state index < -0.39 is 23.8 Å². The molecule has 5 aliphatic rings. The number of piperazine rings is 1. The summed E-state index contributed by atoms with van der Waals surface area (Å²) in [6, 6.07) is 28.5. The SMILES string of the molecule is O=C1CCC(N2C(=O)c3ccc(N4C5CCC4CN(CC4CCN(c6ccc(C(=C(CCCl)c7ccc(O)cc7)c7ccc(O)cc7)cc6)CC4)C5)cc3C2=O)C(=O)N1. The van der Waals surface area contributed by atoms with Crippen LogP contribution in [0.25, 0.3) is 11.1 Å². The molecule has 5 heterocycles. The number of benzene rings is 4. The third-order valence-corrected chi connectivity index (χ3v) is 13.1.